The van der Waals surface area contributed by atoms with Gasteiger partial charge in [0, 0.05) is 6.04 Å². The van der Waals surface area contributed by atoms with Crippen molar-refractivity contribution < 1.29 is 4.42 Å². The first-order valence-electron chi connectivity index (χ1n) is 4.75. The predicted octanol–water partition coefficient (Wildman–Crippen LogP) is 1.70. The third-order valence-corrected chi connectivity index (χ3v) is 2.58. The van der Waals surface area contributed by atoms with Gasteiger partial charge in [0.05, 0.1) is 12.5 Å². The molecular weight excluding hydrogens is 164 g/mol. The van der Waals surface area contributed by atoms with Gasteiger partial charge in [0.15, 0.2) is 0 Å². The molecule has 2 atom stereocenters. The summed E-state index contributed by atoms with van der Waals surface area (Å²) in [4.78, 5) is 0. The van der Waals surface area contributed by atoms with Crippen molar-refractivity contribution in [2.45, 2.75) is 32.7 Å². The fourth-order valence-electron chi connectivity index (χ4n) is 1.37. The van der Waals surface area contributed by atoms with Gasteiger partial charge in [0.2, 0.25) is 0 Å². The molecule has 0 fully saturated rings. The van der Waals surface area contributed by atoms with E-state index in [2.05, 4.69) is 19.3 Å². The van der Waals surface area contributed by atoms with Gasteiger partial charge in [0.1, 0.15) is 0 Å². The van der Waals surface area contributed by atoms with Gasteiger partial charge in [-0.25, -0.2) is 0 Å². The molecule has 0 aromatic carbocycles. The summed E-state index contributed by atoms with van der Waals surface area (Å²) in [5.74, 6) is 6.07. The zero-order chi connectivity index (χ0) is 9.68. The zero-order valence-corrected chi connectivity index (χ0v) is 8.29. The lowest BCUT2D eigenvalue weighted by atomic mass is 9.95. The molecule has 2 unspecified atom stereocenters. The van der Waals surface area contributed by atoms with Crippen LogP contribution in [0.15, 0.2) is 23.0 Å². The molecule has 1 heterocycles. The number of furan rings is 1. The first-order chi connectivity index (χ1) is 6.27. The zero-order valence-electron chi connectivity index (χ0n) is 8.29. The molecule has 3 nitrogen and oxygen atoms in total. The maximum absolute atomic E-state index is 5.49. The Kier molecular flexibility index (Phi) is 3.99. The molecule has 3 N–H and O–H groups in total. The van der Waals surface area contributed by atoms with Gasteiger partial charge >= 0.3 is 0 Å². The molecule has 1 aromatic heterocycles. The first kappa shape index (κ1) is 10.3. The highest BCUT2D eigenvalue weighted by Gasteiger charge is 2.14. The molecular formula is C10H18N2O. The van der Waals surface area contributed by atoms with E-state index in [1.807, 2.05) is 6.07 Å². The molecule has 0 aliphatic heterocycles. The average Bonchev–Trinajstić information content (AvgIpc) is 2.65. The van der Waals surface area contributed by atoms with Crippen LogP contribution >= 0.6 is 0 Å². The van der Waals surface area contributed by atoms with E-state index in [0.717, 1.165) is 12.8 Å². The van der Waals surface area contributed by atoms with Crippen molar-refractivity contribution in [3.8, 4) is 0 Å². The molecule has 1 rings (SSSR count). The maximum atomic E-state index is 5.49. The van der Waals surface area contributed by atoms with E-state index in [0.29, 0.717) is 12.0 Å². The molecule has 0 saturated heterocycles. The van der Waals surface area contributed by atoms with Crippen molar-refractivity contribution in [3.05, 3.63) is 24.2 Å². The largest absolute Gasteiger partial charge is 0.472 e. The van der Waals surface area contributed by atoms with Gasteiger partial charge < -0.3 is 4.42 Å². The summed E-state index contributed by atoms with van der Waals surface area (Å²) in [5, 5.41) is 0. The molecule has 0 saturated carbocycles. The Bertz CT molecular complexity index is 221. The van der Waals surface area contributed by atoms with E-state index in [9.17, 15) is 0 Å². The van der Waals surface area contributed by atoms with E-state index in [1.165, 1.54) is 5.56 Å². The number of hydrogen-bond acceptors (Lipinski definition) is 3. The number of nitrogens with two attached hydrogens (primary N) is 1. The van der Waals surface area contributed by atoms with E-state index >= 15 is 0 Å². The standard InChI is InChI=1S/C10H18N2O/c1-3-8(2)10(12-11)6-9-4-5-13-7-9/h4-5,7-8,10,12H,3,6,11H2,1-2H3. The van der Waals surface area contributed by atoms with Crippen molar-refractivity contribution in [1.82, 2.24) is 5.43 Å². The Balaban J connectivity index is 2.49. The second kappa shape index (κ2) is 5.04. The van der Waals surface area contributed by atoms with Crippen LogP contribution in [0.5, 0.6) is 0 Å². The van der Waals surface area contributed by atoms with Gasteiger partial charge in [-0.3, -0.25) is 11.3 Å². The summed E-state index contributed by atoms with van der Waals surface area (Å²) in [5.41, 5.74) is 4.05. The molecule has 74 valence electrons. The van der Waals surface area contributed by atoms with Crippen LogP contribution in [0.1, 0.15) is 25.8 Å². The average molecular weight is 182 g/mol. The van der Waals surface area contributed by atoms with E-state index in [4.69, 9.17) is 10.3 Å². The number of hydrogen-bond donors (Lipinski definition) is 2. The van der Waals surface area contributed by atoms with Crippen LogP contribution in [0, 0.1) is 5.92 Å². The minimum Gasteiger partial charge on any atom is -0.472 e. The monoisotopic (exact) mass is 182 g/mol. The highest BCUT2D eigenvalue weighted by atomic mass is 16.3. The lowest BCUT2D eigenvalue weighted by molar-refractivity contribution is 0.369. The predicted molar refractivity (Wildman–Crippen MR) is 53.0 cm³/mol. The molecule has 13 heavy (non-hydrogen) atoms. The minimum absolute atomic E-state index is 0.336. The molecule has 1 aromatic rings. The summed E-state index contributed by atoms with van der Waals surface area (Å²) >= 11 is 0. The van der Waals surface area contributed by atoms with Crippen LogP contribution in [0.2, 0.25) is 0 Å². The van der Waals surface area contributed by atoms with Crippen LogP contribution < -0.4 is 11.3 Å². The Morgan fingerprint density at radius 2 is 2.38 bits per heavy atom. The fourth-order valence-corrected chi connectivity index (χ4v) is 1.37. The topological polar surface area (TPSA) is 51.2 Å². The van der Waals surface area contributed by atoms with Crippen molar-refractivity contribution in [1.29, 1.82) is 0 Å². The fraction of sp³-hybridized carbons (Fsp3) is 0.600. The van der Waals surface area contributed by atoms with Crippen molar-refractivity contribution in [3.63, 3.8) is 0 Å². The van der Waals surface area contributed by atoms with E-state index in [1.54, 1.807) is 12.5 Å². The molecule has 0 bridgehead atoms. The molecule has 0 spiro atoms. The van der Waals surface area contributed by atoms with Crippen LogP contribution in [-0.2, 0) is 6.42 Å². The molecule has 0 aliphatic carbocycles. The van der Waals surface area contributed by atoms with Crippen LogP contribution in [0.3, 0.4) is 0 Å². The quantitative estimate of drug-likeness (QED) is 0.538. The summed E-state index contributed by atoms with van der Waals surface area (Å²) in [6, 6.07) is 2.31. The van der Waals surface area contributed by atoms with Crippen LogP contribution in [-0.4, -0.2) is 6.04 Å². The lowest BCUT2D eigenvalue weighted by Gasteiger charge is -2.21. The number of nitrogens with one attached hydrogen (secondary N) is 1. The first-order valence-corrected chi connectivity index (χ1v) is 4.75. The highest BCUT2D eigenvalue weighted by molar-refractivity contribution is 5.07. The van der Waals surface area contributed by atoms with Crippen molar-refractivity contribution >= 4 is 0 Å². The summed E-state index contributed by atoms with van der Waals surface area (Å²) in [6.45, 7) is 4.37. The molecule has 0 radical (unpaired) electrons. The van der Waals surface area contributed by atoms with Crippen molar-refractivity contribution in [2.24, 2.45) is 11.8 Å². The molecule has 3 heteroatoms. The maximum Gasteiger partial charge on any atom is 0.0935 e. The molecule has 0 aliphatic rings. The van der Waals surface area contributed by atoms with Gasteiger partial charge in [-0.15, -0.1) is 0 Å². The Labute approximate surface area is 79.3 Å². The van der Waals surface area contributed by atoms with Gasteiger partial charge in [-0.2, -0.15) is 0 Å². The third kappa shape index (κ3) is 2.86. The Morgan fingerprint density at radius 1 is 1.62 bits per heavy atom. The Hall–Kier alpha value is -0.800. The second-order valence-corrected chi connectivity index (χ2v) is 3.49. The summed E-state index contributed by atoms with van der Waals surface area (Å²) in [6.07, 6.45) is 5.53. The van der Waals surface area contributed by atoms with Crippen LogP contribution in [0.4, 0.5) is 0 Å². The third-order valence-electron chi connectivity index (χ3n) is 2.58. The number of rotatable bonds is 5. The van der Waals surface area contributed by atoms with Gasteiger partial charge in [-0.1, -0.05) is 20.3 Å². The van der Waals surface area contributed by atoms with Gasteiger partial charge in [-0.05, 0) is 24.0 Å². The van der Waals surface area contributed by atoms with E-state index < -0.39 is 0 Å². The van der Waals surface area contributed by atoms with Crippen molar-refractivity contribution in [2.75, 3.05) is 0 Å². The SMILES string of the molecule is CCC(C)C(Cc1ccoc1)NN. The van der Waals surface area contributed by atoms with Crippen LogP contribution in [0.25, 0.3) is 0 Å². The van der Waals surface area contributed by atoms with E-state index in [-0.39, 0.29) is 0 Å². The summed E-state index contributed by atoms with van der Waals surface area (Å²) < 4.78 is 5.00. The smallest absolute Gasteiger partial charge is 0.0935 e. The second-order valence-electron chi connectivity index (χ2n) is 3.49. The molecule has 0 amide bonds. The highest BCUT2D eigenvalue weighted by Crippen LogP contribution is 2.12. The summed E-state index contributed by atoms with van der Waals surface area (Å²) in [7, 11) is 0. The normalized spacial score (nSPS) is 15.6. The van der Waals surface area contributed by atoms with Gasteiger partial charge in [0.25, 0.3) is 0 Å². The Morgan fingerprint density at radius 3 is 2.85 bits per heavy atom. The minimum atomic E-state index is 0.336. The number of hydrazine groups is 1. The lowest BCUT2D eigenvalue weighted by Crippen LogP contribution is -2.41.